The van der Waals surface area contributed by atoms with Gasteiger partial charge < -0.3 is 0 Å². The maximum Gasteiger partial charge on any atom is -0.0134 e. The number of halogens is 1. The van der Waals surface area contributed by atoms with Crippen LogP contribution in [0.4, 0.5) is 0 Å². The van der Waals surface area contributed by atoms with Crippen molar-refractivity contribution >= 4 is 43.0 Å². The first kappa shape index (κ1) is 24.4. The second-order valence-corrected chi connectivity index (χ2v) is 8.41. The molecular formula is C26H22BrOPPd. The van der Waals surface area contributed by atoms with Gasteiger partial charge in [0.1, 0.15) is 5.78 Å². The SMILES string of the molecule is CC(=O)c1cc[c-]cc1.[Br][Pd+].c1ccc(P(c2ccccc2)c2ccccc2)cc1. The zero-order chi connectivity index (χ0) is 21.6. The van der Waals surface area contributed by atoms with E-state index in [9.17, 15) is 4.79 Å². The predicted molar refractivity (Wildman–Crippen MR) is 129 cm³/mol. The summed E-state index contributed by atoms with van der Waals surface area (Å²) < 4.78 is 0. The summed E-state index contributed by atoms with van der Waals surface area (Å²) in [4.78, 5) is 10.6. The summed E-state index contributed by atoms with van der Waals surface area (Å²) in [5.74, 6) is 0.101. The number of carbonyl (C=O) groups excluding carboxylic acids is 1. The molecule has 0 heterocycles. The quantitative estimate of drug-likeness (QED) is 0.128. The minimum Gasteiger partial charge on any atom is -0.0622 e. The fourth-order valence-electron chi connectivity index (χ4n) is 2.80. The van der Waals surface area contributed by atoms with E-state index >= 15 is 0 Å². The molecule has 4 aromatic rings. The number of rotatable bonds is 4. The average molecular weight is 568 g/mol. The van der Waals surface area contributed by atoms with Crippen LogP contribution < -0.4 is 15.9 Å². The molecule has 0 spiro atoms. The molecular weight excluding hydrogens is 546 g/mol. The summed E-state index contributed by atoms with van der Waals surface area (Å²) >= 11 is 5.35. The molecule has 0 unspecified atom stereocenters. The Balaban J connectivity index is 0.000000245. The van der Waals surface area contributed by atoms with Gasteiger partial charge in [0.2, 0.25) is 0 Å². The zero-order valence-electron chi connectivity index (χ0n) is 16.5. The second kappa shape index (κ2) is 14.2. The van der Waals surface area contributed by atoms with Gasteiger partial charge in [0.25, 0.3) is 0 Å². The Labute approximate surface area is 198 Å². The van der Waals surface area contributed by atoms with E-state index in [0.717, 1.165) is 5.56 Å². The van der Waals surface area contributed by atoms with Crippen LogP contribution in [-0.2, 0) is 17.2 Å². The van der Waals surface area contributed by atoms with Crippen LogP contribution in [0.5, 0.6) is 0 Å². The van der Waals surface area contributed by atoms with Gasteiger partial charge in [-0.15, -0.1) is 0 Å². The van der Waals surface area contributed by atoms with Gasteiger partial charge >= 0.3 is 30.6 Å². The van der Waals surface area contributed by atoms with Crippen LogP contribution >= 0.6 is 21.4 Å². The van der Waals surface area contributed by atoms with Crippen molar-refractivity contribution in [3.63, 3.8) is 0 Å². The van der Waals surface area contributed by atoms with Crippen molar-refractivity contribution in [1.82, 2.24) is 0 Å². The van der Waals surface area contributed by atoms with Crippen LogP contribution in [0.1, 0.15) is 17.3 Å². The van der Waals surface area contributed by atoms with Gasteiger partial charge in [0.05, 0.1) is 0 Å². The Morgan fingerprint density at radius 2 is 1.00 bits per heavy atom. The molecule has 4 rings (SSSR count). The van der Waals surface area contributed by atoms with Crippen LogP contribution in [0.3, 0.4) is 0 Å². The van der Waals surface area contributed by atoms with Crippen LogP contribution in [0.25, 0.3) is 0 Å². The van der Waals surface area contributed by atoms with E-state index < -0.39 is 7.92 Å². The van der Waals surface area contributed by atoms with Crippen molar-refractivity contribution in [2.75, 3.05) is 0 Å². The fraction of sp³-hybridized carbons (Fsp3) is 0.0385. The van der Waals surface area contributed by atoms with Gasteiger partial charge in [-0.2, -0.15) is 30.3 Å². The van der Waals surface area contributed by atoms with Crippen molar-refractivity contribution in [3.8, 4) is 0 Å². The third-order valence-corrected chi connectivity index (χ3v) is 6.61. The number of hydrogen-bond donors (Lipinski definition) is 0. The van der Waals surface area contributed by atoms with Crippen LogP contribution in [0.15, 0.2) is 115 Å². The van der Waals surface area contributed by atoms with Gasteiger partial charge in [-0.05, 0) is 30.8 Å². The predicted octanol–water partition coefficient (Wildman–Crippen LogP) is 5.98. The largest absolute Gasteiger partial charge is 0.0622 e. The van der Waals surface area contributed by atoms with Crippen LogP contribution in [0.2, 0.25) is 0 Å². The first-order valence-electron chi connectivity index (χ1n) is 9.30. The van der Waals surface area contributed by atoms with E-state index in [1.54, 1.807) is 31.2 Å². The standard InChI is InChI=1S/C18H15P.C8H7O.BrH.Pd/c1-4-10-16(11-5-1)19(17-12-6-2-7-13-17)18-14-8-3-9-15-18;1-7(9)8-5-3-2-4-6-8;;/h1-15H;3-6H,1H3;1H;/q;-1;;+2/p-1. The van der Waals surface area contributed by atoms with Gasteiger partial charge in [0.15, 0.2) is 0 Å². The minimum atomic E-state index is -0.446. The normalized spacial score (nSPS) is 9.63. The molecule has 0 N–H and O–H groups in total. The van der Waals surface area contributed by atoms with E-state index in [1.807, 2.05) is 0 Å². The van der Waals surface area contributed by atoms with E-state index in [0.29, 0.717) is 0 Å². The maximum atomic E-state index is 10.6. The van der Waals surface area contributed by atoms with Crippen LogP contribution in [-0.4, -0.2) is 5.78 Å². The smallest absolute Gasteiger partial charge is 0.0134 e. The molecule has 0 radical (unpaired) electrons. The first-order chi connectivity index (χ1) is 14.8. The van der Waals surface area contributed by atoms with E-state index in [-0.39, 0.29) is 5.78 Å². The van der Waals surface area contributed by atoms with Gasteiger partial charge in [-0.3, -0.25) is 4.79 Å². The Kier molecular flexibility index (Phi) is 11.5. The molecule has 0 saturated heterocycles. The van der Waals surface area contributed by atoms with Gasteiger partial charge in [-0.25, -0.2) is 0 Å². The molecule has 0 fully saturated rings. The van der Waals surface area contributed by atoms with Crippen molar-refractivity contribution in [1.29, 1.82) is 0 Å². The summed E-state index contributed by atoms with van der Waals surface area (Å²) in [6, 6.07) is 42.1. The number of hydrogen-bond acceptors (Lipinski definition) is 1. The molecule has 0 bridgehead atoms. The summed E-state index contributed by atoms with van der Waals surface area (Å²) in [6.45, 7) is 1.55. The molecule has 0 aliphatic rings. The van der Waals surface area contributed by atoms with E-state index in [4.69, 9.17) is 0 Å². The summed E-state index contributed by atoms with van der Waals surface area (Å²) in [5, 5.41) is 4.19. The number of carbonyl (C=O) groups is 1. The Morgan fingerprint density at radius 1 is 0.667 bits per heavy atom. The number of benzene rings is 4. The molecule has 1 nitrogen and oxygen atoms in total. The van der Waals surface area contributed by atoms with Crippen molar-refractivity contribution < 1.29 is 22.0 Å². The summed E-state index contributed by atoms with van der Waals surface area (Å²) in [7, 11) is -0.446. The zero-order valence-corrected chi connectivity index (χ0v) is 20.6. The molecule has 0 saturated carbocycles. The Hall–Kier alpha value is -1.88. The minimum absolute atomic E-state index is 0.101. The molecule has 0 aliphatic carbocycles. The third-order valence-electron chi connectivity index (χ3n) is 4.17. The molecule has 4 heteroatoms. The fourth-order valence-corrected chi connectivity index (χ4v) is 5.11. The Morgan fingerprint density at radius 3 is 1.27 bits per heavy atom. The molecule has 0 aromatic heterocycles. The second-order valence-electron chi connectivity index (χ2n) is 6.19. The first-order valence-corrected chi connectivity index (χ1v) is 14.2. The summed E-state index contributed by atoms with van der Waals surface area (Å²) in [6.07, 6.45) is 0. The molecule has 30 heavy (non-hydrogen) atoms. The van der Waals surface area contributed by atoms with Gasteiger partial charge in [-0.1, -0.05) is 96.6 Å². The van der Waals surface area contributed by atoms with Crippen LogP contribution in [0, 0.1) is 6.07 Å². The monoisotopic (exact) mass is 566 g/mol. The van der Waals surface area contributed by atoms with Crippen molar-refractivity contribution in [3.05, 3.63) is 127 Å². The average Bonchev–Trinajstić information content (AvgIpc) is 2.84. The molecule has 0 amide bonds. The Bertz CT molecular complexity index is 887. The molecule has 154 valence electrons. The van der Waals surface area contributed by atoms with E-state index in [2.05, 4.69) is 128 Å². The van der Waals surface area contributed by atoms with Gasteiger partial charge in [0, 0.05) is 0 Å². The van der Waals surface area contributed by atoms with Crippen molar-refractivity contribution in [2.45, 2.75) is 6.92 Å². The van der Waals surface area contributed by atoms with E-state index in [1.165, 1.54) is 15.9 Å². The molecule has 0 atom stereocenters. The molecule has 0 aliphatic heterocycles. The maximum absolute atomic E-state index is 10.6. The number of Topliss-reactive ketones (excluding diaryl/α,β-unsaturated/α-hetero) is 1. The molecule has 4 aromatic carbocycles. The van der Waals surface area contributed by atoms with Crippen molar-refractivity contribution in [2.24, 2.45) is 0 Å². The third kappa shape index (κ3) is 7.75. The topological polar surface area (TPSA) is 17.1 Å². The number of ketones is 1. The summed E-state index contributed by atoms with van der Waals surface area (Å²) in [5.41, 5.74) is 0.744.